The lowest BCUT2D eigenvalue weighted by atomic mass is 10.0. The van der Waals surface area contributed by atoms with Crippen LogP contribution in [0, 0.1) is 0 Å². The Bertz CT molecular complexity index is 1680. The number of carboxylic acids is 1. The predicted octanol–water partition coefficient (Wildman–Crippen LogP) is 2.31. The second-order valence-corrected chi connectivity index (χ2v) is 11.5. The van der Waals surface area contributed by atoms with E-state index in [9.17, 15) is 24.3 Å². The standard InChI is InChI=1S/C32H36N6O5/c33-23(15-19-17-34-24-9-3-1-7-21(19)24)30(40)37-13-5-11-27(37)29(39)36-26(31(41)38-14-6-12-28(38)32(42)43)16-20-18-35-25-10-4-2-8-22(20)25/h1-4,7-10,17-18,23,26-28,34-35H,5-6,11-16,33H2,(H,36,39)(H,42,43). The van der Waals surface area contributed by atoms with Crippen LogP contribution in [0.25, 0.3) is 21.8 Å². The second kappa shape index (κ2) is 11.9. The van der Waals surface area contributed by atoms with Crippen LogP contribution in [0.2, 0.25) is 0 Å². The molecule has 4 unspecified atom stereocenters. The minimum atomic E-state index is -1.06. The summed E-state index contributed by atoms with van der Waals surface area (Å²) in [4.78, 5) is 62.3. The molecule has 2 aromatic heterocycles. The third-order valence-electron chi connectivity index (χ3n) is 8.80. The molecule has 0 radical (unpaired) electrons. The molecule has 43 heavy (non-hydrogen) atoms. The van der Waals surface area contributed by atoms with Gasteiger partial charge >= 0.3 is 5.97 Å². The molecule has 2 aliphatic rings. The molecule has 2 aliphatic heterocycles. The first kappa shape index (κ1) is 28.5. The van der Waals surface area contributed by atoms with Crippen molar-refractivity contribution in [1.82, 2.24) is 25.1 Å². The van der Waals surface area contributed by atoms with Gasteiger partial charge in [0, 0.05) is 53.7 Å². The summed E-state index contributed by atoms with van der Waals surface area (Å²) >= 11 is 0. The van der Waals surface area contributed by atoms with Gasteiger partial charge in [-0.25, -0.2) is 4.79 Å². The number of aromatic nitrogens is 2. The van der Waals surface area contributed by atoms with Gasteiger partial charge in [0.05, 0.1) is 6.04 Å². The summed E-state index contributed by atoms with van der Waals surface area (Å²) < 4.78 is 0. The van der Waals surface area contributed by atoms with Crippen molar-refractivity contribution >= 4 is 45.5 Å². The highest BCUT2D eigenvalue weighted by atomic mass is 16.4. The number of rotatable bonds is 9. The maximum Gasteiger partial charge on any atom is 0.326 e. The molecule has 4 atom stereocenters. The summed E-state index contributed by atoms with van der Waals surface area (Å²) in [5, 5.41) is 14.6. The third-order valence-corrected chi connectivity index (χ3v) is 8.80. The van der Waals surface area contributed by atoms with Gasteiger partial charge in [-0.05, 0) is 55.4 Å². The number of nitrogens with two attached hydrogens (primary N) is 1. The zero-order chi connectivity index (χ0) is 30.1. The van der Waals surface area contributed by atoms with Crippen molar-refractivity contribution in [2.45, 2.75) is 62.7 Å². The van der Waals surface area contributed by atoms with Gasteiger partial charge in [0.1, 0.15) is 18.1 Å². The molecule has 4 heterocycles. The maximum absolute atomic E-state index is 13.8. The zero-order valence-corrected chi connectivity index (χ0v) is 23.8. The molecule has 0 saturated carbocycles. The molecule has 2 saturated heterocycles. The number of carboxylic acid groups (broad SMARTS) is 1. The van der Waals surface area contributed by atoms with Crippen molar-refractivity contribution in [3.05, 3.63) is 72.1 Å². The van der Waals surface area contributed by atoms with Crippen LogP contribution in [0.1, 0.15) is 36.8 Å². The number of amides is 3. The SMILES string of the molecule is NC(Cc1c[nH]c2ccccc12)C(=O)N1CCCC1C(=O)NC(Cc1c[nH]c2ccccc12)C(=O)N1CCCC1C(=O)O. The molecule has 0 bridgehead atoms. The zero-order valence-electron chi connectivity index (χ0n) is 23.8. The van der Waals surface area contributed by atoms with Crippen molar-refractivity contribution in [2.75, 3.05) is 13.1 Å². The summed E-state index contributed by atoms with van der Waals surface area (Å²) in [6, 6.07) is 11.9. The van der Waals surface area contributed by atoms with E-state index in [1.165, 1.54) is 9.80 Å². The number of H-pyrrole nitrogens is 2. The number of benzene rings is 2. The number of likely N-dealkylation sites (tertiary alicyclic amines) is 2. The fraction of sp³-hybridized carbons (Fsp3) is 0.375. The molecule has 0 aliphatic carbocycles. The van der Waals surface area contributed by atoms with Crippen LogP contribution < -0.4 is 11.1 Å². The van der Waals surface area contributed by atoms with Crippen LogP contribution in [0.5, 0.6) is 0 Å². The summed E-state index contributed by atoms with van der Waals surface area (Å²) in [5.41, 5.74) is 10.0. The van der Waals surface area contributed by atoms with E-state index in [2.05, 4.69) is 15.3 Å². The minimum absolute atomic E-state index is 0.179. The Morgan fingerprint density at radius 3 is 1.95 bits per heavy atom. The van der Waals surface area contributed by atoms with E-state index in [1.807, 2.05) is 60.9 Å². The number of fused-ring (bicyclic) bond motifs is 2. The van der Waals surface area contributed by atoms with E-state index in [-0.39, 0.29) is 12.3 Å². The summed E-state index contributed by atoms with van der Waals surface area (Å²) in [7, 11) is 0. The quantitative estimate of drug-likeness (QED) is 0.203. The number of nitrogens with one attached hydrogen (secondary N) is 3. The normalized spacial score (nSPS) is 20.0. The van der Waals surface area contributed by atoms with Crippen LogP contribution in [0.4, 0.5) is 0 Å². The molecule has 6 rings (SSSR count). The van der Waals surface area contributed by atoms with Gasteiger partial charge in [-0.15, -0.1) is 0 Å². The second-order valence-electron chi connectivity index (χ2n) is 11.5. The topological polar surface area (TPSA) is 165 Å². The maximum atomic E-state index is 13.8. The Labute approximate surface area is 248 Å². The van der Waals surface area contributed by atoms with Crippen LogP contribution >= 0.6 is 0 Å². The van der Waals surface area contributed by atoms with E-state index in [4.69, 9.17) is 5.73 Å². The van der Waals surface area contributed by atoms with Gasteiger partial charge in [0.15, 0.2) is 0 Å². The van der Waals surface area contributed by atoms with E-state index in [0.29, 0.717) is 45.2 Å². The first-order valence-electron chi connectivity index (χ1n) is 14.8. The summed E-state index contributed by atoms with van der Waals surface area (Å²) in [5.74, 6) is -2.24. The predicted molar refractivity (Wildman–Crippen MR) is 161 cm³/mol. The summed E-state index contributed by atoms with van der Waals surface area (Å²) in [6.45, 7) is 0.708. The molecule has 3 amide bonds. The lowest BCUT2D eigenvalue weighted by Crippen LogP contribution is -2.57. The number of aromatic amines is 2. The lowest BCUT2D eigenvalue weighted by Gasteiger charge is -2.30. The van der Waals surface area contributed by atoms with Gasteiger partial charge in [0.2, 0.25) is 17.7 Å². The number of hydrogen-bond donors (Lipinski definition) is 5. The first-order chi connectivity index (χ1) is 20.8. The number of nitrogens with zero attached hydrogens (tertiary/aromatic N) is 2. The molecule has 11 heteroatoms. The minimum Gasteiger partial charge on any atom is -0.480 e. The first-order valence-corrected chi connectivity index (χ1v) is 14.8. The van der Waals surface area contributed by atoms with Gasteiger partial charge in [0.25, 0.3) is 0 Å². The Hall–Kier alpha value is -4.64. The third kappa shape index (κ3) is 5.60. The lowest BCUT2D eigenvalue weighted by molar-refractivity contribution is -0.149. The van der Waals surface area contributed by atoms with Crippen LogP contribution in [-0.4, -0.2) is 85.8 Å². The Morgan fingerprint density at radius 2 is 1.35 bits per heavy atom. The van der Waals surface area contributed by atoms with Crippen molar-refractivity contribution < 1.29 is 24.3 Å². The smallest absolute Gasteiger partial charge is 0.326 e. The highest BCUT2D eigenvalue weighted by Crippen LogP contribution is 2.25. The molecule has 11 nitrogen and oxygen atoms in total. The van der Waals surface area contributed by atoms with Crippen molar-refractivity contribution in [2.24, 2.45) is 5.73 Å². The Morgan fingerprint density at radius 1 is 0.814 bits per heavy atom. The van der Waals surface area contributed by atoms with Crippen LogP contribution in [0.3, 0.4) is 0 Å². The molecule has 2 fully saturated rings. The number of hydrogen-bond acceptors (Lipinski definition) is 5. The van der Waals surface area contributed by atoms with Crippen molar-refractivity contribution in [3.8, 4) is 0 Å². The number of para-hydroxylation sites is 2. The highest BCUT2D eigenvalue weighted by Gasteiger charge is 2.41. The summed E-state index contributed by atoms with van der Waals surface area (Å²) in [6.07, 6.45) is 6.20. The molecular formula is C32H36N6O5. The molecule has 0 spiro atoms. The average molecular weight is 585 g/mol. The molecule has 224 valence electrons. The number of carbonyl (C=O) groups excluding carboxylic acids is 3. The van der Waals surface area contributed by atoms with Gasteiger partial charge < -0.3 is 35.9 Å². The molecule has 4 aromatic rings. The average Bonchev–Trinajstić information content (AvgIpc) is 3.82. The molecule has 6 N–H and O–H groups in total. The monoisotopic (exact) mass is 584 g/mol. The number of carbonyl (C=O) groups is 4. The van der Waals surface area contributed by atoms with E-state index in [0.717, 1.165) is 32.9 Å². The Kier molecular flexibility index (Phi) is 7.90. The number of aliphatic carboxylic acids is 1. The molecular weight excluding hydrogens is 548 g/mol. The largest absolute Gasteiger partial charge is 0.480 e. The van der Waals surface area contributed by atoms with E-state index >= 15 is 0 Å². The van der Waals surface area contributed by atoms with Crippen LogP contribution in [-0.2, 0) is 32.0 Å². The van der Waals surface area contributed by atoms with Gasteiger partial charge in [-0.2, -0.15) is 0 Å². The van der Waals surface area contributed by atoms with Gasteiger partial charge in [-0.1, -0.05) is 36.4 Å². The van der Waals surface area contributed by atoms with E-state index in [1.54, 1.807) is 0 Å². The van der Waals surface area contributed by atoms with Gasteiger partial charge in [-0.3, -0.25) is 14.4 Å². The fourth-order valence-electron chi connectivity index (χ4n) is 6.62. The fourth-order valence-corrected chi connectivity index (χ4v) is 6.62. The van der Waals surface area contributed by atoms with E-state index < -0.39 is 42.0 Å². The van der Waals surface area contributed by atoms with Crippen LogP contribution in [0.15, 0.2) is 60.9 Å². The highest BCUT2D eigenvalue weighted by molar-refractivity contribution is 5.95. The van der Waals surface area contributed by atoms with Crippen molar-refractivity contribution in [1.29, 1.82) is 0 Å². The molecule has 2 aromatic carbocycles. The van der Waals surface area contributed by atoms with Crippen molar-refractivity contribution in [3.63, 3.8) is 0 Å². The Balaban J connectivity index is 1.20.